The van der Waals surface area contributed by atoms with Crippen molar-refractivity contribution in [3.8, 4) is 0 Å². The molecule has 1 aliphatic carbocycles. The number of carbonyl (C=O) groups is 3. The summed E-state index contributed by atoms with van der Waals surface area (Å²) < 4.78 is 0. The van der Waals surface area contributed by atoms with Crippen LogP contribution in [0.5, 0.6) is 0 Å². The Balaban J connectivity index is 1.52. The lowest BCUT2D eigenvalue weighted by Gasteiger charge is -2.30. The number of benzene rings is 1. The number of nitrogens with zero attached hydrogens (tertiary/aromatic N) is 1. The van der Waals surface area contributed by atoms with E-state index in [0.717, 1.165) is 45.1 Å². The highest BCUT2D eigenvalue weighted by Crippen LogP contribution is 2.31. The van der Waals surface area contributed by atoms with Crippen molar-refractivity contribution in [2.45, 2.75) is 70.0 Å². The van der Waals surface area contributed by atoms with Crippen molar-refractivity contribution in [3.05, 3.63) is 34.9 Å². The molecule has 6 nitrogen and oxygen atoms in total. The first-order valence-electron chi connectivity index (χ1n) is 10.1. The van der Waals surface area contributed by atoms with Gasteiger partial charge in [0.2, 0.25) is 0 Å². The molecule has 6 heteroatoms. The Labute approximate surface area is 159 Å². The molecule has 2 heterocycles. The Morgan fingerprint density at radius 1 is 1.04 bits per heavy atom. The van der Waals surface area contributed by atoms with E-state index in [0.29, 0.717) is 16.7 Å². The van der Waals surface area contributed by atoms with E-state index in [1.165, 1.54) is 11.3 Å². The summed E-state index contributed by atoms with van der Waals surface area (Å²) in [5.74, 6) is -0.641. The molecular weight excluding hydrogens is 342 g/mol. The quantitative estimate of drug-likeness (QED) is 0.803. The predicted octanol–water partition coefficient (Wildman–Crippen LogP) is 2.49. The standard InChI is InChI=1S/C21H27N3O3/c1-13-18(8-5-11-22-13)23-19(25)14-9-10-16-17(12-14)21(27)24(20(16)26)15-6-3-2-4-7-15/h9-10,12-13,15,18,22H,2-8,11H2,1H3,(H,23,25). The number of hydrogen-bond donors (Lipinski definition) is 2. The fourth-order valence-corrected chi connectivity index (χ4v) is 4.56. The van der Waals surface area contributed by atoms with Gasteiger partial charge in [-0.25, -0.2) is 0 Å². The van der Waals surface area contributed by atoms with E-state index >= 15 is 0 Å². The summed E-state index contributed by atoms with van der Waals surface area (Å²) in [6, 6.07) is 5.19. The second kappa shape index (κ2) is 7.43. The first-order valence-corrected chi connectivity index (χ1v) is 10.1. The van der Waals surface area contributed by atoms with Crippen LogP contribution in [0.1, 0.15) is 82.9 Å². The van der Waals surface area contributed by atoms with Gasteiger partial charge in [-0.3, -0.25) is 19.3 Å². The maximum atomic E-state index is 12.9. The van der Waals surface area contributed by atoms with Crippen molar-refractivity contribution in [1.29, 1.82) is 0 Å². The topological polar surface area (TPSA) is 78.5 Å². The molecule has 0 radical (unpaired) electrons. The van der Waals surface area contributed by atoms with Gasteiger partial charge in [0.15, 0.2) is 0 Å². The van der Waals surface area contributed by atoms with Crippen molar-refractivity contribution >= 4 is 17.7 Å². The van der Waals surface area contributed by atoms with E-state index in [1.54, 1.807) is 18.2 Å². The van der Waals surface area contributed by atoms with Crippen molar-refractivity contribution in [2.24, 2.45) is 0 Å². The third-order valence-electron chi connectivity index (χ3n) is 6.20. The molecule has 2 N–H and O–H groups in total. The minimum Gasteiger partial charge on any atom is -0.348 e. The molecule has 4 rings (SSSR count). The highest BCUT2D eigenvalue weighted by Gasteiger charge is 2.40. The van der Waals surface area contributed by atoms with Crippen molar-refractivity contribution in [3.63, 3.8) is 0 Å². The summed E-state index contributed by atoms with van der Waals surface area (Å²) in [5, 5.41) is 6.43. The van der Waals surface area contributed by atoms with Gasteiger partial charge in [-0.2, -0.15) is 0 Å². The maximum Gasteiger partial charge on any atom is 0.261 e. The molecule has 2 atom stereocenters. The van der Waals surface area contributed by atoms with Crippen LogP contribution >= 0.6 is 0 Å². The van der Waals surface area contributed by atoms with E-state index in [-0.39, 0.29) is 35.8 Å². The molecule has 144 valence electrons. The van der Waals surface area contributed by atoms with E-state index in [2.05, 4.69) is 17.6 Å². The summed E-state index contributed by atoms with van der Waals surface area (Å²) in [4.78, 5) is 39.7. The van der Waals surface area contributed by atoms with Gasteiger partial charge in [-0.1, -0.05) is 19.3 Å². The fourth-order valence-electron chi connectivity index (χ4n) is 4.56. The maximum absolute atomic E-state index is 12.9. The van der Waals surface area contributed by atoms with Crippen LogP contribution in [0.4, 0.5) is 0 Å². The molecule has 1 saturated carbocycles. The number of hydrogen-bond acceptors (Lipinski definition) is 4. The number of carbonyl (C=O) groups excluding carboxylic acids is 3. The normalized spacial score (nSPS) is 26.2. The minimum atomic E-state index is -0.246. The molecule has 1 aromatic carbocycles. The van der Waals surface area contributed by atoms with Crippen LogP contribution in [0.2, 0.25) is 0 Å². The summed E-state index contributed by atoms with van der Waals surface area (Å²) in [6.07, 6.45) is 7.01. The Bertz CT molecular complexity index is 770. The molecule has 3 amide bonds. The van der Waals surface area contributed by atoms with Gasteiger partial charge >= 0.3 is 0 Å². The summed E-state index contributed by atoms with van der Waals surface area (Å²) in [7, 11) is 0. The number of amides is 3. The van der Waals surface area contributed by atoms with E-state index < -0.39 is 0 Å². The van der Waals surface area contributed by atoms with Gasteiger partial charge in [-0.15, -0.1) is 0 Å². The van der Waals surface area contributed by atoms with E-state index in [9.17, 15) is 14.4 Å². The summed E-state index contributed by atoms with van der Waals surface area (Å²) >= 11 is 0. The van der Waals surface area contributed by atoms with Crippen LogP contribution in [0, 0.1) is 0 Å². The van der Waals surface area contributed by atoms with Gasteiger partial charge in [-0.05, 0) is 57.4 Å². The molecule has 2 fully saturated rings. The zero-order valence-electron chi connectivity index (χ0n) is 15.8. The highest BCUT2D eigenvalue weighted by molar-refractivity contribution is 6.22. The zero-order valence-corrected chi connectivity index (χ0v) is 15.8. The predicted molar refractivity (Wildman–Crippen MR) is 102 cm³/mol. The SMILES string of the molecule is CC1NCCCC1NC(=O)c1ccc2c(c1)C(=O)N(C1CCCCC1)C2=O. The minimum absolute atomic E-state index is 0.00223. The third kappa shape index (κ3) is 3.38. The molecule has 2 unspecified atom stereocenters. The highest BCUT2D eigenvalue weighted by atomic mass is 16.2. The molecule has 3 aliphatic rings. The molecule has 1 saturated heterocycles. The van der Waals surface area contributed by atoms with Crippen LogP contribution in [0.3, 0.4) is 0 Å². The average molecular weight is 369 g/mol. The van der Waals surface area contributed by atoms with Gasteiger partial charge < -0.3 is 10.6 Å². The molecule has 2 aliphatic heterocycles. The molecule has 1 aromatic rings. The number of fused-ring (bicyclic) bond motifs is 1. The molecular formula is C21H27N3O3. The molecule has 0 bridgehead atoms. The second-order valence-electron chi connectivity index (χ2n) is 8.00. The smallest absolute Gasteiger partial charge is 0.261 e. The largest absolute Gasteiger partial charge is 0.348 e. The zero-order chi connectivity index (χ0) is 19.0. The average Bonchev–Trinajstić information content (AvgIpc) is 2.94. The Morgan fingerprint density at radius 3 is 2.52 bits per heavy atom. The van der Waals surface area contributed by atoms with E-state index in [4.69, 9.17) is 0 Å². The van der Waals surface area contributed by atoms with Gasteiger partial charge in [0.25, 0.3) is 17.7 Å². The monoisotopic (exact) mass is 369 g/mol. The van der Waals surface area contributed by atoms with Crippen molar-refractivity contribution in [1.82, 2.24) is 15.5 Å². The number of rotatable bonds is 3. The number of imide groups is 1. The van der Waals surface area contributed by atoms with Crippen molar-refractivity contribution in [2.75, 3.05) is 6.54 Å². The van der Waals surface area contributed by atoms with Gasteiger partial charge in [0.05, 0.1) is 11.1 Å². The van der Waals surface area contributed by atoms with E-state index in [1.807, 2.05) is 0 Å². The molecule has 27 heavy (non-hydrogen) atoms. The van der Waals surface area contributed by atoms with Crippen LogP contribution in [0.25, 0.3) is 0 Å². The third-order valence-corrected chi connectivity index (χ3v) is 6.20. The van der Waals surface area contributed by atoms with Crippen molar-refractivity contribution < 1.29 is 14.4 Å². The number of nitrogens with one attached hydrogen (secondary N) is 2. The lowest BCUT2D eigenvalue weighted by molar-refractivity contribution is 0.0549. The second-order valence-corrected chi connectivity index (χ2v) is 8.00. The molecule has 0 aromatic heterocycles. The van der Waals surface area contributed by atoms with Gasteiger partial charge in [0, 0.05) is 23.7 Å². The molecule has 0 spiro atoms. The van der Waals surface area contributed by atoms with Crippen LogP contribution < -0.4 is 10.6 Å². The first-order chi connectivity index (χ1) is 13.1. The Hall–Kier alpha value is -2.21. The van der Waals surface area contributed by atoms with Crippen LogP contribution in [0.15, 0.2) is 18.2 Å². The Morgan fingerprint density at radius 2 is 1.78 bits per heavy atom. The first kappa shape index (κ1) is 18.2. The lowest BCUT2D eigenvalue weighted by atomic mass is 9.94. The van der Waals surface area contributed by atoms with Gasteiger partial charge in [0.1, 0.15) is 0 Å². The summed E-state index contributed by atoms with van der Waals surface area (Å²) in [5.41, 5.74) is 1.24. The fraction of sp³-hybridized carbons (Fsp3) is 0.571. The van der Waals surface area contributed by atoms with Crippen LogP contribution in [-0.4, -0.2) is 47.3 Å². The Kier molecular flexibility index (Phi) is 5.00. The van der Waals surface area contributed by atoms with Crippen LogP contribution in [-0.2, 0) is 0 Å². The number of piperidine rings is 1. The lowest BCUT2D eigenvalue weighted by Crippen LogP contribution is -2.51. The summed E-state index contributed by atoms with van der Waals surface area (Å²) in [6.45, 7) is 3.04.